The summed E-state index contributed by atoms with van der Waals surface area (Å²) in [5.41, 5.74) is 8.18. The maximum atomic E-state index is 7.40. The maximum absolute atomic E-state index is 7.40. The normalized spacial score (nSPS) is 23.2. The largest absolute Gasteiger partial charge is 0.370 e. The Morgan fingerprint density at radius 1 is 1.31 bits per heavy atom. The number of rotatable bonds is 1. The van der Waals surface area contributed by atoms with E-state index in [0.717, 1.165) is 0 Å². The van der Waals surface area contributed by atoms with E-state index in [1.807, 2.05) is 0 Å². The molecule has 0 spiro atoms. The van der Waals surface area contributed by atoms with Crippen molar-refractivity contribution in [2.75, 3.05) is 0 Å². The zero-order valence-electron chi connectivity index (χ0n) is 10.0. The Balaban J connectivity index is 2.38. The zero-order valence-corrected chi connectivity index (χ0v) is 10.0. The third-order valence-electron chi connectivity index (χ3n) is 3.21. The SMILES string of the molecule is CC(C)(C)C1c2cccc(c2)C1NC(=N)N. The minimum Gasteiger partial charge on any atom is -0.370 e. The molecule has 0 saturated heterocycles. The van der Waals surface area contributed by atoms with Crippen molar-refractivity contribution in [3.8, 4) is 0 Å². The molecule has 1 aliphatic rings. The van der Waals surface area contributed by atoms with Gasteiger partial charge in [-0.25, -0.2) is 0 Å². The Labute approximate surface area is 96.6 Å². The van der Waals surface area contributed by atoms with E-state index >= 15 is 0 Å². The van der Waals surface area contributed by atoms with Crippen LogP contribution in [0, 0.1) is 10.8 Å². The fourth-order valence-corrected chi connectivity index (χ4v) is 2.67. The molecule has 2 atom stereocenters. The average Bonchev–Trinajstić information content (AvgIpc) is 2.36. The average molecular weight is 217 g/mol. The first-order valence-electron chi connectivity index (χ1n) is 5.60. The summed E-state index contributed by atoms with van der Waals surface area (Å²) in [6.45, 7) is 6.67. The smallest absolute Gasteiger partial charge is 0.186 e. The molecule has 2 unspecified atom stereocenters. The lowest BCUT2D eigenvalue weighted by molar-refractivity contribution is 0.279. The van der Waals surface area contributed by atoms with E-state index in [-0.39, 0.29) is 17.4 Å². The minimum atomic E-state index is 0.0432. The van der Waals surface area contributed by atoms with E-state index < -0.39 is 0 Å². The van der Waals surface area contributed by atoms with Crippen molar-refractivity contribution in [2.24, 2.45) is 11.1 Å². The first-order chi connectivity index (χ1) is 7.39. The first-order valence-corrected chi connectivity index (χ1v) is 5.60. The summed E-state index contributed by atoms with van der Waals surface area (Å²) in [5, 5.41) is 10.5. The molecule has 1 aliphatic carbocycles. The Kier molecular flexibility index (Phi) is 2.41. The fraction of sp³-hybridized carbons (Fsp3) is 0.462. The lowest BCUT2D eigenvalue weighted by Gasteiger charge is -2.33. The van der Waals surface area contributed by atoms with Gasteiger partial charge < -0.3 is 11.1 Å². The second-order valence-electron chi connectivity index (χ2n) is 5.55. The van der Waals surface area contributed by atoms with Crippen LogP contribution < -0.4 is 11.1 Å². The number of nitrogens with two attached hydrogens (primary N) is 1. The van der Waals surface area contributed by atoms with Gasteiger partial charge in [-0.05, 0) is 16.5 Å². The van der Waals surface area contributed by atoms with Crippen molar-refractivity contribution in [2.45, 2.75) is 32.7 Å². The lowest BCUT2D eigenvalue weighted by Crippen LogP contribution is -2.38. The molecule has 1 aromatic rings. The van der Waals surface area contributed by atoms with Crippen molar-refractivity contribution in [3.63, 3.8) is 0 Å². The minimum absolute atomic E-state index is 0.0432. The highest BCUT2D eigenvalue weighted by molar-refractivity contribution is 5.75. The van der Waals surface area contributed by atoms with Crippen molar-refractivity contribution >= 4 is 5.96 Å². The van der Waals surface area contributed by atoms with E-state index in [4.69, 9.17) is 11.1 Å². The summed E-state index contributed by atoms with van der Waals surface area (Å²) in [5.74, 6) is 0.420. The van der Waals surface area contributed by atoms with Gasteiger partial charge in [-0.1, -0.05) is 45.0 Å². The van der Waals surface area contributed by atoms with Crippen LogP contribution in [0.4, 0.5) is 0 Å². The van der Waals surface area contributed by atoms with E-state index in [1.165, 1.54) is 11.1 Å². The van der Waals surface area contributed by atoms with Gasteiger partial charge in [-0.3, -0.25) is 5.41 Å². The molecule has 2 bridgehead atoms. The number of fused-ring (bicyclic) bond motifs is 2. The highest BCUT2D eigenvalue weighted by Gasteiger charge is 2.38. The van der Waals surface area contributed by atoms with Crippen LogP contribution in [0.25, 0.3) is 0 Å². The highest BCUT2D eigenvalue weighted by Crippen LogP contribution is 2.48. The lowest BCUT2D eigenvalue weighted by atomic mass is 9.75. The Hall–Kier alpha value is -1.51. The first kappa shape index (κ1) is 11.0. The molecule has 86 valence electrons. The third kappa shape index (κ3) is 1.77. The van der Waals surface area contributed by atoms with Crippen LogP contribution in [-0.4, -0.2) is 5.96 Å². The van der Waals surface area contributed by atoms with Crippen molar-refractivity contribution < 1.29 is 0 Å². The van der Waals surface area contributed by atoms with Crippen LogP contribution in [0.3, 0.4) is 0 Å². The van der Waals surface area contributed by atoms with Gasteiger partial charge in [0.05, 0.1) is 6.04 Å². The van der Waals surface area contributed by atoms with Gasteiger partial charge in [0.1, 0.15) is 0 Å². The standard InChI is InChI=1S/C13H19N3/c1-13(2,3)10-8-5-4-6-9(7-8)11(10)16-12(14)15/h4-7,10-11H,1-3H3,(H4,14,15,16). The van der Waals surface area contributed by atoms with Crippen LogP contribution in [0.15, 0.2) is 24.3 Å². The number of hydrogen-bond acceptors (Lipinski definition) is 1. The van der Waals surface area contributed by atoms with Gasteiger partial charge in [0, 0.05) is 5.92 Å². The zero-order chi connectivity index (χ0) is 11.9. The van der Waals surface area contributed by atoms with Crippen LogP contribution >= 0.6 is 0 Å². The molecule has 0 heterocycles. The second kappa shape index (κ2) is 3.51. The molecule has 3 heteroatoms. The molecule has 1 aromatic carbocycles. The van der Waals surface area contributed by atoms with Crippen LogP contribution in [0.5, 0.6) is 0 Å². The quantitative estimate of drug-likeness (QED) is 0.499. The molecule has 0 aliphatic heterocycles. The van der Waals surface area contributed by atoms with Gasteiger partial charge >= 0.3 is 0 Å². The second-order valence-corrected chi connectivity index (χ2v) is 5.55. The number of guanidine groups is 1. The third-order valence-corrected chi connectivity index (χ3v) is 3.21. The summed E-state index contributed by atoms with van der Waals surface area (Å²) in [6, 6.07) is 8.67. The Morgan fingerprint density at radius 3 is 2.50 bits per heavy atom. The molecule has 2 rings (SSSR count). The molecule has 0 fully saturated rings. The van der Waals surface area contributed by atoms with Gasteiger partial charge in [0.15, 0.2) is 5.96 Å². The topological polar surface area (TPSA) is 61.9 Å². The van der Waals surface area contributed by atoms with Crippen LogP contribution in [0.2, 0.25) is 0 Å². The molecular weight excluding hydrogens is 198 g/mol. The fourth-order valence-electron chi connectivity index (χ4n) is 2.67. The molecule has 0 radical (unpaired) electrons. The molecule has 16 heavy (non-hydrogen) atoms. The van der Waals surface area contributed by atoms with E-state index in [2.05, 4.69) is 50.4 Å². The van der Waals surface area contributed by atoms with E-state index in [0.29, 0.717) is 5.92 Å². The summed E-state index contributed by atoms with van der Waals surface area (Å²) in [4.78, 5) is 0. The molecular formula is C13H19N3. The summed E-state index contributed by atoms with van der Waals surface area (Å²) < 4.78 is 0. The Bertz CT molecular complexity index is 417. The van der Waals surface area contributed by atoms with Crippen LogP contribution in [0.1, 0.15) is 43.9 Å². The summed E-state index contributed by atoms with van der Waals surface area (Å²) in [7, 11) is 0. The van der Waals surface area contributed by atoms with Crippen molar-refractivity contribution in [3.05, 3.63) is 35.4 Å². The van der Waals surface area contributed by atoms with Gasteiger partial charge in [0.2, 0.25) is 0 Å². The highest BCUT2D eigenvalue weighted by atomic mass is 15.1. The number of nitrogens with one attached hydrogen (secondary N) is 2. The van der Waals surface area contributed by atoms with Gasteiger partial charge in [-0.2, -0.15) is 0 Å². The van der Waals surface area contributed by atoms with Crippen molar-refractivity contribution in [1.29, 1.82) is 5.41 Å². The summed E-state index contributed by atoms with van der Waals surface area (Å²) >= 11 is 0. The van der Waals surface area contributed by atoms with Gasteiger partial charge in [0.25, 0.3) is 0 Å². The molecule has 0 saturated carbocycles. The molecule has 0 amide bonds. The van der Waals surface area contributed by atoms with Crippen LogP contribution in [-0.2, 0) is 0 Å². The summed E-state index contributed by atoms with van der Waals surface area (Å²) in [6.07, 6.45) is 0. The molecule has 3 nitrogen and oxygen atoms in total. The maximum Gasteiger partial charge on any atom is 0.186 e. The number of benzene rings is 1. The van der Waals surface area contributed by atoms with Gasteiger partial charge in [-0.15, -0.1) is 0 Å². The molecule has 4 N–H and O–H groups in total. The number of hydrogen-bond donors (Lipinski definition) is 3. The molecule has 0 aromatic heterocycles. The Morgan fingerprint density at radius 2 is 1.94 bits per heavy atom. The predicted octanol–water partition coefficient (Wildman–Crippen LogP) is 2.35. The van der Waals surface area contributed by atoms with E-state index in [9.17, 15) is 0 Å². The monoisotopic (exact) mass is 217 g/mol. The van der Waals surface area contributed by atoms with Crippen molar-refractivity contribution in [1.82, 2.24) is 5.32 Å². The van der Waals surface area contributed by atoms with E-state index in [1.54, 1.807) is 0 Å². The predicted molar refractivity (Wildman–Crippen MR) is 66.4 cm³/mol.